The number of H-pyrrole nitrogens is 1. The molecule has 8 heteroatoms. The monoisotopic (exact) mass is 410 g/mol. The number of carbonyl (C=O) groups excluding carboxylic acids is 1. The quantitative estimate of drug-likeness (QED) is 0.475. The maximum Gasteiger partial charge on any atom is 0.353 e. The number of fused-ring (bicyclic) bond motifs is 1. The molecule has 3 rings (SSSR count). The van der Waals surface area contributed by atoms with Crippen molar-refractivity contribution in [1.82, 2.24) is 10.3 Å². The van der Waals surface area contributed by atoms with Gasteiger partial charge in [0, 0.05) is 32.2 Å². The van der Waals surface area contributed by atoms with Gasteiger partial charge in [0.15, 0.2) is 0 Å². The molecule has 0 unspecified atom stereocenters. The molecule has 3 aromatic rings. The fraction of sp³-hybridized carbons (Fsp3) is 0.111. The van der Waals surface area contributed by atoms with Crippen LogP contribution in [0.4, 0.5) is 0 Å². The lowest BCUT2D eigenvalue weighted by Crippen LogP contribution is -2.07. The van der Waals surface area contributed by atoms with Gasteiger partial charge in [-0.25, -0.2) is 4.79 Å². The Bertz CT molecular complexity index is 972. The summed E-state index contributed by atoms with van der Waals surface area (Å²) in [5.74, 6) is -1.11. The second-order valence-corrected chi connectivity index (χ2v) is 6.69. The third kappa shape index (κ3) is 3.77. The first-order valence-electron chi connectivity index (χ1n) is 7.64. The number of halogens is 2. The van der Waals surface area contributed by atoms with E-state index in [4.69, 9.17) is 23.2 Å². The fourth-order valence-electron chi connectivity index (χ4n) is 2.47. The minimum atomic E-state index is -1.11. The molecule has 0 spiro atoms. The number of hydrogen-bond acceptors (Lipinski definition) is 3. The second kappa shape index (κ2) is 8.40. The topological polar surface area (TPSA) is 82.2 Å². The summed E-state index contributed by atoms with van der Waals surface area (Å²) in [5, 5.41) is 14.6. The van der Waals surface area contributed by atoms with Crippen molar-refractivity contribution in [1.29, 1.82) is 0 Å². The molecule has 5 nitrogen and oxygen atoms in total. The van der Waals surface area contributed by atoms with Crippen molar-refractivity contribution in [2.24, 2.45) is 0 Å². The van der Waals surface area contributed by atoms with Gasteiger partial charge >= 0.3 is 5.97 Å². The number of carbonyl (C=O) groups is 2. The molecule has 0 radical (unpaired) electrons. The summed E-state index contributed by atoms with van der Waals surface area (Å²) in [6.45, 7) is 7.78. The highest BCUT2D eigenvalue weighted by Crippen LogP contribution is 2.41. The van der Waals surface area contributed by atoms with Crippen LogP contribution in [-0.2, 0) is 4.79 Å². The van der Waals surface area contributed by atoms with E-state index in [1.165, 1.54) is 11.3 Å². The first-order valence-corrected chi connectivity index (χ1v) is 9.28. The third-order valence-corrected chi connectivity index (χ3v) is 4.88. The van der Waals surface area contributed by atoms with Crippen molar-refractivity contribution in [2.75, 3.05) is 0 Å². The van der Waals surface area contributed by atoms with Crippen LogP contribution in [0.25, 0.3) is 27.0 Å². The summed E-state index contributed by atoms with van der Waals surface area (Å²) in [6, 6.07) is 4.88. The summed E-state index contributed by atoms with van der Waals surface area (Å²) in [4.78, 5) is 25.2. The molecule has 0 atom stereocenters. The van der Waals surface area contributed by atoms with Gasteiger partial charge in [0.1, 0.15) is 5.69 Å². The molecular formula is C18H16Cl2N2O3S. The van der Waals surface area contributed by atoms with Gasteiger partial charge in [-0.15, -0.1) is 11.3 Å². The van der Waals surface area contributed by atoms with E-state index in [2.05, 4.69) is 16.9 Å². The molecule has 136 valence electrons. The zero-order valence-corrected chi connectivity index (χ0v) is 16.4. The molecule has 0 fully saturated rings. The van der Waals surface area contributed by atoms with Crippen LogP contribution in [0, 0.1) is 0 Å². The van der Waals surface area contributed by atoms with Crippen LogP contribution in [0.3, 0.4) is 0 Å². The fourth-order valence-corrected chi connectivity index (χ4v) is 4.11. The standard InChI is InChI=1S/C16H10Cl2N2O3S.C2H6/c1-7(19-6-21)11-5-24-15-12(14(16(22)23)20-13(11)15)8-2-9(17)4-10(18)3-8;1-2/h2-6,20H,1H2,(H,19,21)(H,22,23);1-2H3. The molecule has 0 aliphatic rings. The highest BCUT2D eigenvalue weighted by Gasteiger charge is 2.23. The zero-order chi connectivity index (χ0) is 19.4. The van der Waals surface area contributed by atoms with E-state index < -0.39 is 5.97 Å². The SMILES string of the molecule is C=C(NC=O)c1csc2c(-c3cc(Cl)cc(Cl)c3)c(C(=O)O)[nH]c12.CC. The van der Waals surface area contributed by atoms with Crippen LogP contribution in [0.15, 0.2) is 30.2 Å². The minimum Gasteiger partial charge on any atom is -0.477 e. The number of hydrogen-bond donors (Lipinski definition) is 3. The number of carboxylic acids is 1. The van der Waals surface area contributed by atoms with Gasteiger partial charge < -0.3 is 15.4 Å². The molecule has 0 aliphatic carbocycles. The summed E-state index contributed by atoms with van der Waals surface area (Å²) >= 11 is 13.4. The Morgan fingerprint density at radius 3 is 2.42 bits per heavy atom. The van der Waals surface area contributed by atoms with Gasteiger partial charge in [0.25, 0.3) is 0 Å². The number of aromatic nitrogens is 1. The summed E-state index contributed by atoms with van der Waals surface area (Å²) in [5.41, 5.74) is 2.71. The molecule has 26 heavy (non-hydrogen) atoms. The maximum absolute atomic E-state index is 11.7. The predicted molar refractivity (Wildman–Crippen MR) is 108 cm³/mol. The smallest absolute Gasteiger partial charge is 0.353 e. The van der Waals surface area contributed by atoms with E-state index in [1.807, 2.05) is 13.8 Å². The Labute approximate surface area is 164 Å². The maximum atomic E-state index is 11.7. The molecule has 2 aromatic heterocycles. The second-order valence-electron chi connectivity index (χ2n) is 4.93. The molecule has 0 saturated carbocycles. The summed E-state index contributed by atoms with van der Waals surface area (Å²) in [6.07, 6.45) is 0.518. The number of aromatic carboxylic acids is 1. The lowest BCUT2D eigenvalue weighted by Gasteiger charge is -2.03. The molecular weight excluding hydrogens is 395 g/mol. The molecule has 0 saturated heterocycles. The van der Waals surface area contributed by atoms with Gasteiger partial charge in [-0.05, 0) is 23.8 Å². The van der Waals surface area contributed by atoms with E-state index in [0.29, 0.717) is 44.4 Å². The van der Waals surface area contributed by atoms with E-state index in [1.54, 1.807) is 23.6 Å². The van der Waals surface area contributed by atoms with Crippen LogP contribution in [0.2, 0.25) is 10.0 Å². The van der Waals surface area contributed by atoms with Gasteiger partial charge in [-0.2, -0.15) is 0 Å². The number of rotatable bonds is 5. The van der Waals surface area contributed by atoms with Crippen LogP contribution >= 0.6 is 34.5 Å². The lowest BCUT2D eigenvalue weighted by atomic mass is 10.1. The third-order valence-electron chi connectivity index (χ3n) is 3.44. The van der Waals surface area contributed by atoms with E-state index in [0.717, 1.165) is 4.70 Å². The number of amides is 1. The van der Waals surface area contributed by atoms with E-state index in [-0.39, 0.29) is 5.69 Å². The molecule has 0 bridgehead atoms. The van der Waals surface area contributed by atoms with Crippen molar-refractivity contribution >= 4 is 62.8 Å². The Kier molecular flexibility index (Phi) is 6.47. The normalized spacial score (nSPS) is 10.2. The first kappa shape index (κ1) is 20.0. The molecule has 3 N–H and O–H groups in total. The first-order chi connectivity index (χ1) is 12.4. The van der Waals surface area contributed by atoms with Crippen LogP contribution in [0.1, 0.15) is 29.9 Å². The Morgan fingerprint density at radius 2 is 1.88 bits per heavy atom. The number of carboxylic acid groups (broad SMARTS) is 1. The van der Waals surface area contributed by atoms with Crippen molar-refractivity contribution in [3.8, 4) is 11.1 Å². The van der Waals surface area contributed by atoms with Gasteiger partial charge in [-0.1, -0.05) is 43.6 Å². The van der Waals surface area contributed by atoms with Crippen LogP contribution < -0.4 is 5.32 Å². The van der Waals surface area contributed by atoms with Gasteiger partial charge in [-0.3, -0.25) is 4.79 Å². The van der Waals surface area contributed by atoms with Crippen LogP contribution in [0.5, 0.6) is 0 Å². The largest absolute Gasteiger partial charge is 0.477 e. The average molecular weight is 411 g/mol. The average Bonchev–Trinajstić information content (AvgIpc) is 3.14. The number of aromatic amines is 1. The van der Waals surface area contributed by atoms with Crippen LogP contribution in [-0.4, -0.2) is 22.5 Å². The molecule has 1 amide bonds. The highest BCUT2D eigenvalue weighted by molar-refractivity contribution is 7.18. The van der Waals surface area contributed by atoms with Crippen molar-refractivity contribution in [3.05, 3.63) is 51.5 Å². The minimum absolute atomic E-state index is 0.0235. The van der Waals surface area contributed by atoms with Crippen molar-refractivity contribution < 1.29 is 14.7 Å². The summed E-state index contributed by atoms with van der Waals surface area (Å²) < 4.78 is 0.717. The molecule has 2 heterocycles. The Morgan fingerprint density at radius 1 is 1.27 bits per heavy atom. The zero-order valence-electron chi connectivity index (χ0n) is 14.0. The van der Waals surface area contributed by atoms with E-state index >= 15 is 0 Å². The van der Waals surface area contributed by atoms with Gasteiger partial charge in [0.05, 0.1) is 10.2 Å². The highest BCUT2D eigenvalue weighted by atomic mass is 35.5. The van der Waals surface area contributed by atoms with Crippen molar-refractivity contribution in [3.63, 3.8) is 0 Å². The Balaban J connectivity index is 0.00000117. The number of thiophene rings is 1. The molecule has 1 aromatic carbocycles. The summed E-state index contributed by atoms with van der Waals surface area (Å²) in [7, 11) is 0. The van der Waals surface area contributed by atoms with Crippen molar-refractivity contribution in [2.45, 2.75) is 13.8 Å². The predicted octanol–water partition coefficient (Wildman–Crippen LogP) is 5.64. The molecule has 0 aliphatic heterocycles. The number of nitrogens with one attached hydrogen (secondary N) is 2. The number of benzene rings is 1. The lowest BCUT2D eigenvalue weighted by molar-refractivity contribution is -0.108. The van der Waals surface area contributed by atoms with E-state index in [9.17, 15) is 14.7 Å². The Hall–Kier alpha value is -2.28. The van der Waals surface area contributed by atoms with Gasteiger partial charge in [0.2, 0.25) is 6.41 Å².